The van der Waals surface area contributed by atoms with Crippen molar-refractivity contribution < 1.29 is 9.66 Å². The highest BCUT2D eigenvalue weighted by Gasteiger charge is 2.06. The number of nitro groups is 1. The van der Waals surface area contributed by atoms with Crippen molar-refractivity contribution >= 4 is 5.69 Å². The summed E-state index contributed by atoms with van der Waals surface area (Å²) < 4.78 is 5.41. The number of hydrogen-bond acceptors (Lipinski definition) is 3. The van der Waals surface area contributed by atoms with Crippen molar-refractivity contribution in [1.82, 2.24) is 0 Å². The summed E-state index contributed by atoms with van der Waals surface area (Å²) >= 11 is 0. The highest BCUT2D eigenvalue weighted by molar-refractivity contribution is 5.38. The second-order valence-corrected chi connectivity index (χ2v) is 3.22. The molecule has 4 nitrogen and oxygen atoms in total. The Balaban J connectivity index is 2.72. The third kappa shape index (κ3) is 3.95. The third-order valence-electron chi connectivity index (χ3n) is 2.03. The van der Waals surface area contributed by atoms with Gasteiger partial charge in [-0.2, -0.15) is 0 Å². The molecule has 0 aliphatic heterocycles. The van der Waals surface area contributed by atoms with Crippen LogP contribution in [0.3, 0.4) is 0 Å². The predicted octanol–water partition coefficient (Wildman–Crippen LogP) is 3.27. The first-order valence-corrected chi connectivity index (χ1v) is 4.98. The molecule has 0 amide bonds. The van der Waals surface area contributed by atoms with Crippen LogP contribution in [-0.2, 0) is 0 Å². The molecule has 0 aliphatic carbocycles. The van der Waals surface area contributed by atoms with Crippen molar-refractivity contribution in [3.05, 3.63) is 71.3 Å². The molecule has 0 fully saturated rings. The first kappa shape index (κ1) is 12.7. The summed E-state index contributed by atoms with van der Waals surface area (Å²) in [5, 5.41) is 10.6. The number of hydrogen-bond donors (Lipinski definition) is 0. The molecule has 0 saturated carbocycles. The summed E-state index contributed by atoms with van der Waals surface area (Å²) in [4.78, 5) is 10.1. The van der Waals surface area contributed by atoms with Gasteiger partial charge in [0.05, 0.1) is 11.0 Å². The Morgan fingerprint density at radius 1 is 1.47 bits per heavy atom. The number of nitro benzene ring substituents is 1. The number of ether oxygens (including phenoxy) is 1. The Bertz CT molecular complexity index is 463. The molecule has 0 bridgehead atoms. The van der Waals surface area contributed by atoms with Crippen LogP contribution in [0, 0.1) is 10.1 Å². The average molecular weight is 231 g/mol. The third-order valence-corrected chi connectivity index (χ3v) is 2.03. The van der Waals surface area contributed by atoms with Crippen LogP contribution < -0.4 is 4.74 Å². The Hall–Kier alpha value is -2.36. The fourth-order valence-electron chi connectivity index (χ4n) is 1.18. The topological polar surface area (TPSA) is 52.4 Å². The SMILES string of the molecule is C=C/C=C(\C=C)COc1cccc([N+](=O)[O-])c1. The first-order chi connectivity index (χ1) is 8.17. The normalized spacial score (nSPS) is 10.7. The van der Waals surface area contributed by atoms with Crippen molar-refractivity contribution in [1.29, 1.82) is 0 Å². The van der Waals surface area contributed by atoms with Crippen LogP contribution in [0.25, 0.3) is 0 Å². The molecule has 4 heteroatoms. The second-order valence-electron chi connectivity index (χ2n) is 3.22. The Morgan fingerprint density at radius 3 is 2.82 bits per heavy atom. The van der Waals surface area contributed by atoms with Crippen LogP contribution in [0.2, 0.25) is 0 Å². The van der Waals surface area contributed by atoms with Gasteiger partial charge in [-0.3, -0.25) is 10.1 Å². The summed E-state index contributed by atoms with van der Waals surface area (Å²) in [6, 6.07) is 6.05. The molecule has 1 rings (SSSR count). The minimum absolute atomic E-state index is 0.00959. The van der Waals surface area contributed by atoms with Crippen molar-refractivity contribution in [2.45, 2.75) is 0 Å². The van der Waals surface area contributed by atoms with Crippen LogP contribution >= 0.6 is 0 Å². The van der Waals surface area contributed by atoms with Crippen molar-refractivity contribution in [2.24, 2.45) is 0 Å². The summed E-state index contributed by atoms with van der Waals surface area (Å²) in [7, 11) is 0. The van der Waals surface area contributed by atoms with Gasteiger partial charge < -0.3 is 4.74 Å². The van der Waals surface area contributed by atoms with Gasteiger partial charge in [0.15, 0.2) is 0 Å². The van der Waals surface area contributed by atoms with Crippen LogP contribution in [0.4, 0.5) is 5.69 Å². The molecule has 0 saturated heterocycles. The quantitative estimate of drug-likeness (QED) is 0.429. The molecule has 0 spiro atoms. The number of non-ortho nitro benzene ring substituents is 1. The van der Waals surface area contributed by atoms with Gasteiger partial charge in [0.1, 0.15) is 12.4 Å². The van der Waals surface area contributed by atoms with Crippen LogP contribution in [-0.4, -0.2) is 11.5 Å². The highest BCUT2D eigenvalue weighted by Crippen LogP contribution is 2.19. The van der Waals surface area contributed by atoms with Crippen LogP contribution in [0.1, 0.15) is 0 Å². The number of allylic oxidation sites excluding steroid dienone is 2. The van der Waals surface area contributed by atoms with Gasteiger partial charge >= 0.3 is 0 Å². The van der Waals surface area contributed by atoms with Crippen LogP contribution in [0.15, 0.2) is 61.2 Å². The molecule has 0 aromatic heterocycles. The van der Waals surface area contributed by atoms with E-state index in [0.29, 0.717) is 12.4 Å². The average Bonchev–Trinajstić information content (AvgIpc) is 2.34. The monoisotopic (exact) mass is 231 g/mol. The van der Waals surface area contributed by atoms with Gasteiger partial charge in [-0.15, -0.1) is 0 Å². The largest absolute Gasteiger partial charge is 0.489 e. The van der Waals surface area contributed by atoms with Gasteiger partial charge in [-0.1, -0.05) is 37.5 Å². The lowest BCUT2D eigenvalue weighted by molar-refractivity contribution is -0.384. The Labute approximate surface area is 99.7 Å². The lowest BCUT2D eigenvalue weighted by atomic mass is 10.2. The standard InChI is InChI=1S/C13H13NO3/c1-3-6-11(4-2)10-17-13-8-5-7-12(9-13)14(15)16/h3-9H,1-2,10H2/b11-6+. The van der Waals surface area contributed by atoms with Gasteiger partial charge in [-0.05, 0) is 11.6 Å². The molecular formula is C13H13NO3. The van der Waals surface area contributed by atoms with E-state index >= 15 is 0 Å². The van der Waals surface area contributed by atoms with E-state index in [-0.39, 0.29) is 5.69 Å². The molecule has 0 heterocycles. The Kier molecular flexibility index (Phi) is 4.69. The van der Waals surface area contributed by atoms with Crippen LogP contribution in [0.5, 0.6) is 5.75 Å². The molecule has 1 aromatic rings. The van der Waals surface area contributed by atoms with Gasteiger partial charge in [-0.25, -0.2) is 0 Å². The highest BCUT2D eigenvalue weighted by atomic mass is 16.6. The molecule has 0 unspecified atom stereocenters. The molecule has 17 heavy (non-hydrogen) atoms. The zero-order valence-electron chi connectivity index (χ0n) is 9.33. The van der Waals surface area contributed by atoms with Gasteiger partial charge in [0.2, 0.25) is 0 Å². The van der Waals surface area contributed by atoms with Gasteiger partial charge in [0.25, 0.3) is 5.69 Å². The van der Waals surface area contributed by atoms with Gasteiger partial charge in [0, 0.05) is 6.07 Å². The Morgan fingerprint density at radius 2 is 2.24 bits per heavy atom. The lowest BCUT2D eigenvalue weighted by Gasteiger charge is -2.06. The first-order valence-electron chi connectivity index (χ1n) is 4.98. The van der Waals surface area contributed by atoms with Crippen molar-refractivity contribution in [3.63, 3.8) is 0 Å². The zero-order chi connectivity index (χ0) is 12.7. The number of rotatable bonds is 6. The second kappa shape index (κ2) is 6.27. The van der Waals surface area contributed by atoms with E-state index in [2.05, 4.69) is 13.2 Å². The van der Waals surface area contributed by atoms with E-state index in [1.54, 1.807) is 30.4 Å². The zero-order valence-corrected chi connectivity index (χ0v) is 9.33. The van der Waals surface area contributed by atoms with E-state index in [1.807, 2.05) is 0 Å². The summed E-state index contributed by atoms with van der Waals surface area (Å²) in [5.74, 6) is 0.455. The number of benzene rings is 1. The molecule has 0 atom stereocenters. The fourth-order valence-corrected chi connectivity index (χ4v) is 1.18. The minimum Gasteiger partial charge on any atom is -0.489 e. The maximum Gasteiger partial charge on any atom is 0.273 e. The van der Waals surface area contributed by atoms with Crippen molar-refractivity contribution in [2.75, 3.05) is 6.61 Å². The van der Waals surface area contributed by atoms with E-state index in [9.17, 15) is 10.1 Å². The van der Waals surface area contributed by atoms with E-state index in [4.69, 9.17) is 4.74 Å². The molecule has 0 radical (unpaired) electrons. The van der Waals surface area contributed by atoms with E-state index in [0.717, 1.165) is 5.57 Å². The van der Waals surface area contributed by atoms with E-state index in [1.165, 1.54) is 12.1 Å². The maximum atomic E-state index is 10.6. The summed E-state index contributed by atoms with van der Waals surface area (Å²) in [6.45, 7) is 7.51. The lowest BCUT2D eigenvalue weighted by Crippen LogP contribution is -1.99. The molecule has 88 valence electrons. The smallest absolute Gasteiger partial charge is 0.273 e. The van der Waals surface area contributed by atoms with E-state index < -0.39 is 4.92 Å². The molecular weight excluding hydrogens is 218 g/mol. The van der Waals surface area contributed by atoms with Crippen molar-refractivity contribution in [3.8, 4) is 5.75 Å². The number of nitrogens with zero attached hydrogens (tertiary/aromatic N) is 1. The molecule has 0 aliphatic rings. The summed E-state index contributed by atoms with van der Waals surface area (Å²) in [6.07, 6.45) is 5.05. The fraction of sp³-hybridized carbons (Fsp3) is 0.0769. The molecule has 0 N–H and O–H groups in total. The summed E-state index contributed by atoms with van der Waals surface area (Å²) in [5.41, 5.74) is 0.863. The minimum atomic E-state index is -0.457. The maximum absolute atomic E-state index is 10.6. The predicted molar refractivity (Wildman–Crippen MR) is 67.1 cm³/mol. The molecule has 1 aromatic carbocycles.